The van der Waals surface area contributed by atoms with Crippen molar-refractivity contribution in [1.29, 1.82) is 0 Å². The maximum Gasteiger partial charge on any atom is 0.267 e. The van der Waals surface area contributed by atoms with Crippen LogP contribution in [-0.4, -0.2) is 9.78 Å². The Morgan fingerprint density at radius 1 is 0.864 bits per heavy atom. The number of nitrogens with zero attached hydrogens (tertiary/aromatic N) is 2. The van der Waals surface area contributed by atoms with Gasteiger partial charge in [-0.05, 0) is 36.6 Å². The first-order valence-corrected chi connectivity index (χ1v) is 7.34. The van der Waals surface area contributed by atoms with E-state index in [0.29, 0.717) is 6.54 Å². The van der Waals surface area contributed by atoms with E-state index in [1.807, 2.05) is 62.4 Å². The Kier molecular flexibility index (Phi) is 3.88. The number of hydrogen-bond acceptors (Lipinski definition) is 2. The fourth-order valence-corrected chi connectivity index (χ4v) is 2.51. The van der Waals surface area contributed by atoms with Gasteiger partial charge in [-0.1, -0.05) is 48.5 Å². The second-order valence-electron chi connectivity index (χ2n) is 5.46. The highest BCUT2D eigenvalue weighted by molar-refractivity contribution is 5.62. The van der Waals surface area contributed by atoms with Crippen LogP contribution in [0.3, 0.4) is 0 Å². The Morgan fingerprint density at radius 3 is 2.27 bits per heavy atom. The molecule has 22 heavy (non-hydrogen) atoms. The number of benzene rings is 2. The van der Waals surface area contributed by atoms with E-state index >= 15 is 0 Å². The largest absolute Gasteiger partial charge is 0.268 e. The summed E-state index contributed by atoms with van der Waals surface area (Å²) in [4.78, 5) is 12.1. The summed E-state index contributed by atoms with van der Waals surface area (Å²) >= 11 is 0. The molecule has 3 aromatic rings. The van der Waals surface area contributed by atoms with Crippen LogP contribution >= 0.6 is 0 Å². The maximum atomic E-state index is 12.1. The van der Waals surface area contributed by atoms with Crippen molar-refractivity contribution in [2.24, 2.45) is 0 Å². The molecule has 0 amide bonds. The zero-order valence-corrected chi connectivity index (χ0v) is 12.8. The van der Waals surface area contributed by atoms with Gasteiger partial charge >= 0.3 is 0 Å². The van der Waals surface area contributed by atoms with Crippen molar-refractivity contribution < 1.29 is 0 Å². The van der Waals surface area contributed by atoms with Crippen molar-refractivity contribution in [3.8, 4) is 11.3 Å². The smallest absolute Gasteiger partial charge is 0.267 e. The summed E-state index contributed by atoms with van der Waals surface area (Å²) in [5, 5.41) is 4.54. The van der Waals surface area contributed by atoms with Crippen molar-refractivity contribution in [3.05, 3.63) is 87.7 Å². The summed E-state index contributed by atoms with van der Waals surface area (Å²) in [6.07, 6.45) is 0. The van der Waals surface area contributed by atoms with E-state index in [4.69, 9.17) is 0 Å². The minimum Gasteiger partial charge on any atom is -0.268 e. The molecule has 0 saturated carbocycles. The molecule has 0 saturated heterocycles. The lowest BCUT2D eigenvalue weighted by molar-refractivity contribution is 0.640. The topological polar surface area (TPSA) is 34.9 Å². The minimum atomic E-state index is -0.0828. The molecular weight excluding hydrogens is 272 g/mol. The van der Waals surface area contributed by atoms with Gasteiger partial charge in [-0.3, -0.25) is 4.79 Å². The van der Waals surface area contributed by atoms with Gasteiger partial charge in [0.15, 0.2) is 0 Å². The third-order valence-electron chi connectivity index (χ3n) is 3.87. The first-order chi connectivity index (χ1) is 10.6. The molecule has 0 N–H and O–H groups in total. The predicted molar refractivity (Wildman–Crippen MR) is 89.0 cm³/mol. The van der Waals surface area contributed by atoms with Crippen LogP contribution in [0.25, 0.3) is 11.3 Å². The van der Waals surface area contributed by atoms with E-state index in [-0.39, 0.29) is 5.56 Å². The van der Waals surface area contributed by atoms with Crippen LogP contribution in [0, 0.1) is 13.8 Å². The zero-order valence-electron chi connectivity index (χ0n) is 12.8. The van der Waals surface area contributed by atoms with E-state index in [2.05, 4.69) is 5.10 Å². The van der Waals surface area contributed by atoms with Gasteiger partial charge in [-0.15, -0.1) is 0 Å². The number of rotatable bonds is 3. The SMILES string of the molecule is Cc1ccccc1Cn1nc(-c2ccccc2C)ccc1=O. The molecule has 0 fully saturated rings. The van der Waals surface area contributed by atoms with E-state index in [9.17, 15) is 4.79 Å². The molecule has 0 aliphatic carbocycles. The summed E-state index contributed by atoms with van der Waals surface area (Å²) in [5.41, 5.74) is 5.22. The first kappa shape index (κ1) is 14.3. The van der Waals surface area contributed by atoms with Gasteiger partial charge in [0.05, 0.1) is 12.2 Å². The summed E-state index contributed by atoms with van der Waals surface area (Å²) < 4.78 is 1.53. The fourth-order valence-electron chi connectivity index (χ4n) is 2.51. The molecule has 0 bridgehead atoms. The molecule has 1 heterocycles. The predicted octanol–water partition coefficient (Wildman–Crippen LogP) is 3.58. The Labute approximate surface area is 129 Å². The monoisotopic (exact) mass is 290 g/mol. The molecule has 1 aromatic heterocycles. The first-order valence-electron chi connectivity index (χ1n) is 7.34. The standard InChI is InChI=1S/C19H18N2O/c1-14-7-3-5-9-16(14)13-21-19(22)12-11-18(20-21)17-10-6-4-8-15(17)2/h3-12H,13H2,1-2H3. The average molecular weight is 290 g/mol. The second kappa shape index (κ2) is 5.98. The zero-order chi connectivity index (χ0) is 15.5. The minimum absolute atomic E-state index is 0.0828. The van der Waals surface area contributed by atoms with Crippen molar-refractivity contribution in [2.45, 2.75) is 20.4 Å². The highest BCUT2D eigenvalue weighted by Crippen LogP contribution is 2.19. The molecule has 110 valence electrons. The van der Waals surface area contributed by atoms with Crippen LogP contribution in [0.15, 0.2) is 65.5 Å². The third-order valence-corrected chi connectivity index (χ3v) is 3.87. The van der Waals surface area contributed by atoms with Crippen LogP contribution < -0.4 is 5.56 Å². The van der Waals surface area contributed by atoms with Gasteiger partial charge in [-0.2, -0.15) is 5.10 Å². The summed E-state index contributed by atoms with van der Waals surface area (Å²) in [7, 11) is 0. The summed E-state index contributed by atoms with van der Waals surface area (Å²) in [5.74, 6) is 0. The van der Waals surface area contributed by atoms with Gasteiger partial charge in [0.25, 0.3) is 5.56 Å². The highest BCUT2D eigenvalue weighted by Gasteiger charge is 2.07. The van der Waals surface area contributed by atoms with Gasteiger partial charge in [0, 0.05) is 11.6 Å². The van der Waals surface area contributed by atoms with Crippen molar-refractivity contribution in [2.75, 3.05) is 0 Å². The molecule has 3 nitrogen and oxygen atoms in total. The average Bonchev–Trinajstić information content (AvgIpc) is 2.52. The molecule has 0 aliphatic heterocycles. The number of aryl methyl sites for hydroxylation is 2. The fraction of sp³-hybridized carbons (Fsp3) is 0.158. The molecule has 0 spiro atoms. The quantitative estimate of drug-likeness (QED) is 0.739. The van der Waals surface area contributed by atoms with Crippen LogP contribution in [0.5, 0.6) is 0 Å². The molecule has 0 radical (unpaired) electrons. The maximum absolute atomic E-state index is 12.1. The van der Waals surface area contributed by atoms with Crippen LogP contribution in [-0.2, 0) is 6.54 Å². The molecule has 3 rings (SSSR count). The van der Waals surface area contributed by atoms with Crippen LogP contribution in [0.4, 0.5) is 0 Å². The van der Waals surface area contributed by atoms with Gasteiger partial charge in [-0.25, -0.2) is 4.68 Å². The normalized spacial score (nSPS) is 10.6. The van der Waals surface area contributed by atoms with Crippen molar-refractivity contribution in [3.63, 3.8) is 0 Å². The van der Waals surface area contributed by atoms with Crippen LogP contribution in [0.1, 0.15) is 16.7 Å². The molecule has 3 heteroatoms. The van der Waals surface area contributed by atoms with Crippen LogP contribution in [0.2, 0.25) is 0 Å². The third kappa shape index (κ3) is 2.84. The summed E-state index contributed by atoms with van der Waals surface area (Å²) in [6.45, 7) is 4.59. The Balaban J connectivity index is 2.03. The second-order valence-corrected chi connectivity index (χ2v) is 5.46. The molecular formula is C19H18N2O. The van der Waals surface area contributed by atoms with Gasteiger partial charge in [0.2, 0.25) is 0 Å². The lowest BCUT2D eigenvalue weighted by Crippen LogP contribution is -2.23. The molecule has 0 aliphatic rings. The Bertz CT molecular complexity index is 865. The Morgan fingerprint density at radius 2 is 1.55 bits per heavy atom. The van der Waals surface area contributed by atoms with E-state index in [1.165, 1.54) is 4.68 Å². The highest BCUT2D eigenvalue weighted by atomic mass is 16.1. The van der Waals surface area contributed by atoms with E-state index in [0.717, 1.165) is 27.9 Å². The lowest BCUT2D eigenvalue weighted by atomic mass is 10.1. The molecule has 0 atom stereocenters. The van der Waals surface area contributed by atoms with Gasteiger partial charge < -0.3 is 0 Å². The molecule has 0 unspecified atom stereocenters. The number of aromatic nitrogens is 2. The number of hydrogen-bond donors (Lipinski definition) is 0. The van der Waals surface area contributed by atoms with Gasteiger partial charge in [0.1, 0.15) is 0 Å². The van der Waals surface area contributed by atoms with Crippen molar-refractivity contribution in [1.82, 2.24) is 9.78 Å². The Hall–Kier alpha value is -2.68. The van der Waals surface area contributed by atoms with E-state index in [1.54, 1.807) is 12.1 Å². The lowest BCUT2D eigenvalue weighted by Gasteiger charge is -2.10. The summed E-state index contributed by atoms with van der Waals surface area (Å²) in [6, 6.07) is 19.5. The van der Waals surface area contributed by atoms with Crippen molar-refractivity contribution >= 4 is 0 Å². The molecule has 2 aromatic carbocycles. The van der Waals surface area contributed by atoms with E-state index < -0.39 is 0 Å².